The minimum absolute atomic E-state index is 0.129. The van der Waals surface area contributed by atoms with Crippen molar-refractivity contribution < 1.29 is 12.8 Å². The fraction of sp³-hybridized carbons (Fsp3) is 0.333. The summed E-state index contributed by atoms with van der Waals surface area (Å²) in [5, 5.41) is 0. The third-order valence-electron chi connectivity index (χ3n) is 5.36. The Hall–Kier alpha value is -2.58. The summed E-state index contributed by atoms with van der Waals surface area (Å²) in [7, 11) is -3.60. The molecule has 1 saturated heterocycles. The number of hydrogen-bond donors (Lipinski definition) is 0. The van der Waals surface area contributed by atoms with Gasteiger partial charge >= 0.3 is 0 Å². The van der Waals surface area contributed by atoms with E-state index < -0.39 is 15.8 Å². The highest BCUT2D eigenvalue weighted by Crippen LogP contribution is 2.30. The SMILES string of the molecule is CCc1nccn1-c1cccc(C2CCN(S(=O)(=O)c3ccc(F)cc3)CC2)n1. The Labute approximate surface area is 170 Å². The second kappa shape index (κ2) is 8.04. The molecule has 29 heavy (non-hydrogen) atoms. The van der Waals surface area contributed by atoms with Crippen LogP contribution in [-0.4, -0.2) is 40.3 Å². The zero-order chi connectivity index (χ0) is 20.4. The standard InChI is InChI=1S/C21H23FN4O2S/c1-2-20-23-12-15-26(20)21-5-3-4-19(24-21)16-10-13-25(14-11-16)29(27,28)18-8-6-17(22)7-9-18/h3-9,12,15-16H,2,10-11,13-14H2,1H3. The first-order chi connectivity index (χ1) is 14.0. The number of aromatic nitrogens is 3. The molecule has 0 spiro atoms. The lowest BCUT2D eigenvalue weighted by Gasteiger charge is -2.31. The van der Waals surface area contributed by atoms with Crippen LogP contribution in [0.2, 0.25) is 0 Å². The lowest BCUT2D eigenvalue weighted by molar-refractivity contribution is 0.316. The van der Waals surface area contributed by atoms with E-state index in [1.54, 1.807) is 6.20 Å². The van der Waals surface area contributed by atoms with Crippen LogP contribution < -0.4 is 0 Å². The first kappa shape index (κ1) is 19.7. The van der Waals surface area contributed by atoms with Crippen molar-refractivity contribution in [2.45, 2.75) is 37.0 Å². The number of nitrogens with zero attached hydrogens (tertiary/aromatic N) is 4. The second-order valence-corrected chi connectivity index (χ2v) is 9.06. The maximum atomic E-state index is 13.1. The maximum absolute atomic E-state index is 13.1. The largest absolute Gasteiger partial charge is 0.288 e. The van der Waals surface area contributed by atoms with Crippen LogP contribution in [0, 0.1) is 5.82 Å². The summed E-state index contributed by atoms with van der Waals surface area (Å²) in [5.74, 6) is 1.54. The van der Waals surface area contributed by atoms with Crippen molar-refractivity contribution in [2.75, 3.05) is 13.1 Å². The number of benzene rings is 1. The molecule has 0 N–H and O–H groups in total. The van der Waals surface area contributed by atoms with Gasteiger partial charge in [-0.05, 0) is 49.2 Å². The summed E-state index contributed by atoms with van der Waals surface area (Å²) < 4.78 is 42.2. The van der Waals surface area contributed by atoms with Crippen LogP contribution in [0.15, 0.2) is 59.8 Å². The topological polar surface area (TPSA) is 68.1 Å². The number of rotatable bonds is 5. The van der Waals surface area contributed by atoms with E-state index in [4.69, 9.17) is 4.98 Å². The number of pyridine rings is 1. The van der Waals surface area contributed by atoms with Crippen LogP contribution in [0.1, 0.15) is 37.2 Å². The third kappa shape index (κ3) is 3.95. The van der Waals surface area contributed by atoms with Crippen LogP contribution in [0.5, 0.6) is 0 Å². The van der Waals surface area contributed by atoms with Gasteiger partial charge in [0.15, 0.2) is 0 Å². The Morgan fingerprint density at radius 2 is 1.83 bits per heavy atom. The summed E-state index contributed by atoms with van der Waals surface area (Å²) in [4.78, 5) is 9.30. The molecule has 0 atom stereocenters. The summed E-state index contributed by atoms with van der Waals surface area (Å²) >= 11 is 0. The predicted molar refractivity (Wildman–Crippen MR) is 108 cm³/mol. The molecule has 1 aliphatic heterocycles. The van der Waals surface area contributed by atoms with Gasteiger partial charge in [-0.25, -0.2) is 22.8 Å². The van der Waals surface area contributed by atoms with Gasteiger partial charge in [0.1, 0.15) is 17.5 Å². The molecular formula is C21H23FN4O2S. The second-order valence-electron chi connectivity index (χ2n) is 7.12. The van der Waals surface area contributed by atoms with Gasteiger partial charge < -0.3 is 0 Å². The molecule has 4 rings (SSSR count). The average molecular weight is 415 g/mol. The Morgan fingerprint density at radius 3 is 2.52 bits per heavy atom. The molecule has 6 nitrogen and oxygen atoms in total. The normalized spacial score (nSPS) is 16.2. The summed E-state index contributed by atoms with van der Waals surface area (Å²) in [6, 6.07) is 10.9. The van der Waals surface area contributed by atoms with Gasteiger partial charge in [0.05, 0.1) is 4.90 Å². The fourth-order valence-electron chi connectivity index (χ4n) is 3.75. The van der Waals surface area contributed by atoms with Crippen molar-refractivity contribution >= 4 is 10.0 Å². The molecule has 3 aromatic rings. The van der Waals surface area contributed by atoms with Crippen LogP contribution in [-0.2, 0) is 16.4 Å². The average Bonchev–Trinajstić information content (AvgIpc) is 3.23. The molecule has 2 aromatic heterocycles. The summed E-state index contributed by atoms with van der Waals surface area (Å²) in [5.41, 5.74) is 0.970. The van der Waals surface area contributed by atoms with E-state index in [-0.39, 0.29) is 10.8 Å². The Kier molecular flexibility index (Phi) is 5.47. The van der Waals surface area contributed by atoms with Gasteiger partial charge in [-0.2, -0.15) is 4.31 Å². The molecule has 3 heterocycles. The van der Waals surface area contributed by atoms with Gasteiger partial charge in [-0.1, -0.05) is 13.0 Å². The molecule has 8 heteroatoms. The number of aryl methyl sites for hydroxylation is 1. The molecule has 1 fully saturated rings. The first-order valence-electron chi connectivity index (χ1n) is 9.74. The highest BCUT2D eigenvalue weighted by Gasteiger charge is 2.30. The van der Waals surface area contributed by atoms with Gasteiger partial charge in [0.2, 0.25) is 10.0 Å². The molecule has 152 valence electrons. The smallest absolute Gasteiger partial charge is 0.243 e. The van der Waals surface area contributed by atoms with Crippen LogP contribution in [0.4, 0.5) is 4.39 Å². The van der Waals surface area contributed by atoms with Crippen LogP contribution >= 0.6 is 0 Å². The fourth-order valence-corrected chi connectivity index (χ4v) is 5.22. The van der Waals surface area contributed by atoms with E-state index >= 15 is 0 Å². The Morgan fingerprint density at radius 1 is 1.10 bits per heavy atom. The maximum Gasteiger partial charge on any atom is 0.243 e. The highest BCUT2D eigenvalue weighted by atomic mass is 32.2. The van der Waals surface area contributed by atoms with Crippen molar-refractivity contribution in [1.82, 2.24) is 18.8 Å². The molecule has 0 radical (unpaired) electrons. The predicted octanol–water partition coefficient (Wildman–Crippen LogP) is 3.54. The van der Waals surface area contributed by atoms with E-state index in [0.29, 0.717) is 25.9 Å². The van der Waals surface area contributed by atoms with Crippen molar-refractivity contribution in [3.05, 3.63) is 72.2 Å². The lowest BCUT2D eigenvalue weighted by Crippen LogP contribution is -2.38. The monoisotopic (exact) mass is 414 g/mol. The van der Waals surface area contributed by atoms with E-state index in [0.717, 1.165) is 23.8 Å². The minimum Gasteiger partial charge on any atom is -0.288 e. The van der Waals surface area contributed by atoms with Crippen LogP contribution in [0.25, 0.3) is 5.82 Å². The Balaban J connectivity index is 1.49. The molecular weight excluding hydrogens is 391 g/mol. The zero-order valence-electron chi connectivity index (χ0n) is 16.2. The van der Waals surface area contributed by atoms with E-state index in [9.17, 15) is 12.8 Å². The molecule has 1 aromatic carbocycles. The van der Waals surface area contributed by atoms with Crippen molar-refractivity contribution in [3.8, 4) is 5.82 Å². The van der Waals surface area contributed by atoms with E-state index in [1.807, 2.05) is 29.0 Å². The minimum atomic E-state index is -3.60. The van der Waals surface area contributed by atoms with Crippen molar-refractivity contribution in [1.29, 1.82) is 0 Å². The number of piperidine rings is 1. The van der Waals surface area contributed by atoms with Crippen molar-refractivity contribution in [2.24, 2.45) is 0 Å². The van der Waals surface area contributed by atoms with Gasteiger partial charge in [0.25, 0.3) is 0 Å². The van der Waals surface area contributed by atoms with E-state index in [1.165, 1.54) is 28.6 Å². The molecule has 0 aliphatic carbocycles. The third-order valence-corrected chi connectivity index (χ3v) is 7.27. The van der Waals surface area contributed by atoms with E-state index in [2.05, 4.69) is 11.9 Å². The molecule has 0 saturated carbocycles. The molecule has 0 unspecified atom stereocenters. The first-order valence-corrected chi connectivity index (χ1v) is 11.2. The van der Waals surface area contributed by atoms with Crippen molar-refractivity contribution in [3.63, 3.8) is 0 Å². The van der Waals surface area contributed by atoms with Gasteiger partial charge in [-0.15, -0.1) is 0 Å². The lowest BCUT2D eigenvalue weighted by atomic mass is 9.94. The molecule has 0 amide bonds. The zero-order valence-corrected chi connectivity index (χ0v) is 17.0. The van der Waals surface area contributed by atoms with Gasteiger partial charge in [0, 0.05) is 43.5 Å². The highest BCUT2D eigenvalue weighted by molar-refractivity contribution is 7.89. The number of hydrogen-bond acceptors (Lipinski definition) is 4. The number of imidazole rings is 1. The molecule has 0 bridgehead atoms. The van der Waals surface area contributed by atoms with Gasteiger partial charge in [-0.3, -0.25) is 4.57 Å². The molecule has 1 aliphatic rings. The summed E-state index contributed by atoms with van der Waals surface area (Å²) in [6.07, 6.45) is 5.89. The quantitative estimate of drug-likeness (QED) is 0.640. The number of sulfonamides is 1. The summed E-state index contributed by atoms with van der Waals surface area (Å²) in [6.45, 7) is 2.89. The number of halogens is 1. The Bertz CT molecular complexity index is 1090. The van der Waals surface area contributed by atoms with Crippen LogP contribution in [0.3, 0.4) is 0 Å².